The molecule has 2 atom stereocenters. The van der Waals surface area contributed by atoms with E-state index in [0.29, 0.717) is 50.0 Å². The Labute approximate surface area is 181 Å². The lowest BCUT2D eigenvalue weighted by atomic mass is 10.3. The van der Waals surface area contributed by atoms with Gasteiger partial charge in [-0.05, 0) is 35.0 Å². The van der Waals surface area contributed by atoms with Gasteiger partial charge in [-0.15, -0.1) is 0 Å². The van der Waals surface area contributed by atoms with E-state index >= 15 is 0 Å². The van der Waals surface area contributed by atoms with Gasteiger partial charge in [-0.1, -0.05) is 57.4 Å². The third kappa shape index (κ3) is 14.8. The Morgan fingerprint density at radius 1 is 0.429 bits per heavy atom. The van der Waals surface area contributed by atoms with Gasteiger partial charge in [0.25, 0.3) is 0 Å². The van der Waals surface area contributed by atoms with Crippen molar-refractivity contribution in [1.29, 1.82) is 0 Å². The molecule has 4 nitrogen and oxygen atoms in total. The molecule has 6 radical (unpaired) electrons. The van der Waals surface area contributed by atoms with E-state index in [4.69, 9.17) is 18.9 Å². The molecule has 0 aromatic rings. The first-order valence-corrected chi connectivity index (χ1v) is 13.4. The molecule has 0 unspecified atom stereocenters. The Bertz CT molecular complexity index is 329. The van der Waals surface area contributed by atoms with E-state index in [1.165, 1.54) is 24.6 Å². The predicted octanol–water partition coefficient (Wildman–Crippen LogP) is 3.87. The van der Waals surface area contributed by atoms with Crippen LogP contribution in [0.15, 0.2) is 0 Å². The smallest absolute Gasteiger partial charge is 0.0701 e. The summed E-state index contributed by atoms with van der Waals surface area (Å²) in [6.07, 6.45) is 5.10. The van der Waals surface area contributed by atoms with Crippen LogP contribution in [0.4, 0.5) is 0 Å². The van der Waals surface area contributed by atoms with Crippen molar-refractivity contribution in [2.24, 2.45) is 0 Å². The number of rotatable bonds is 0. The van der Waals surface area contributed by atoms with Crippen molar-refractivity contribution in [3.05, 3.63) is 0 Å². The lowest BCUT2D eigenvalue weighted by Gasteiger charge is -2.36. The fourth-order valence-corrected chi connectivity index (χ4v) is 8.68. The Balaban J connectivity index is 0. The third-order valence-corrected chi connectivity index (χ3v) is 11.8. The van der Waals surface area contributed by atoms with E-state index in [1.807, 2.05) is 0 Å². The van der Waals surface area contributed by atoms with Crippen LogP contribution in [0.2, 0.25) is 0 Å². The van der Waals surface area contributed by atoms with E-state index in [9.17, 15) is 0 Å². The molecule has 1 fully saturated rings. The fourth-order valence-electron chi connectivity index (χ4n) is 2.92. The minimum Gasteiger partial charge on any atom is -0.379 e. The van der Waals surface area contributed by atoms with Crippen molar-refractivity contribution < 1.29 is 18.9 Å². The van der Waals surface area contributed by atoms with Crippen LogP contribution in [0.1, 0.15) is 41.5 Å². The van der Waals surface area contributed by atoms with Crippen LogP contribution in [-0.4, -0.2) is 105 Å². The van der Waals surface area contributed by atoms with Crippen molar-refractivity contribution in [3.63, 3.8) is 0 Å². The summed E-state index contributed by atoms with van der Waals surface area (Å²) in [6, 6.07) is 0. The Kier molecular flexibility index (Phi) is 18.3. The van der Waals surface area contributed by atoms with E-state index < -0.39 is 0 Å². The maximum Gasteiger partial charge on any atom is 0.0701 e. The van der Waals surface area contributed by atoms with Gasteiger partial charge in [0.1, 0.15) is 0 Å². The van der Waals surface area contributed by atoms with Gasteiger partial charge >= 0.3 is 0 Å². The lowest BCUT2D eigenvalue weighted by molar-refractivity contribution is 0.00130. The van der Waals surface area contributed by atoms with Gasteiger partial charge < -0.3 is 18.9 Å². The van der Waals surface area contributed by atoms with E-state index in [1.54, 1.807) is 0 Å². The molecule has 162 valence electrons. The second-order valence-electron chi connectivity index (χ2n) is 8.77. The second-order valence-corrected chi connectivity index (χ2v) is 15.4. The maximum absolute atomic E-state index is 5.83. The monoisotopic (exact) mass is 430 g/mol. The Morgan fingerprint density at radius 3 is 0.929 bits per heavy atom. The molecule has 0 aliphatic carbocycles. The molecule has 1 aliphatic rings. The SMILES string of the molecule is CC(C)(C)[P@]1CCOCCOCCOCCOCC[P@](C(C)(C)C)CC1.[B].[B]. The molecule has 0 spiro atoms. The van der Waals surface area contributed by atoms with E-state index in [-0.39, 0.29) is 32.7 Å². The van der Waals surface area contributed by atoms with Crippen molar-refractivity contribution in [2.45, 2.75) is 51.9 Å². The number of hydrogen-bond donors (Lipinski definition) is 0. The van der Waals surface area contributed by atoms with E-state index in [0.717, 1.165) is 13.2 Å². The fraction of sp³-hybridized carbons (Fsp3) is 1.00. The molecule has 0 bridgehead atoms. The highest BCUT2D eigenvalue weighted by atomic mass is 31.1. The normalized spacial score (nSPS) is 25.5. The van der Waals surface area contributed by atoms with Gasteiger partial charge in [0.2, 0.25) is 0 Å². The van der Waals surface area contributed by atoms with Crippen LogP contribution < -0.4 is 0 Å². The zero-order valence-corrected chi connectivity index (χ0v) is 21.0. The molecule has 0 saturated carbocycles. The summed E-state index contributed by atoms with van der Waals surface area (Å²) < 4.78 is 22.8. The van der Waals surface area contributed by atoms with Crippen LogP contribution in [0, 0.1) is 0 Å². The van der Waals surface area contributed by atoms with Crippen molar-refractivity contribution >= 4 is 32.7 Å². The predicted molar refractivity (Wildman–Crippen MR) is 128 cm³/mol. The van der Waals surface area contributed by atoms with Gasteiger partial charge in [-0.2, -0.15) is 0 Å². The molecule has 0 N–H and O–H groups in total. The van der Waals surface area contributed by atoms with Gasteiger partial charge in [0.15, 0.2) is 0 Å². The Hall–Kier alpha value is 0.830. The summed E-state index contributed by atoms with van der Waals surface area (Å²) in [4.78, 5) is 0. The minimum absolute atomic E-state index is 0. The zero-order chi connectivity index (χ0) is 19.5. The van der Waals surface area contributed by atoms with Crippen molar-refractivity contribution in [1.82, 2.24) is 0 Å². The molecule has 0 amide bonds. The maximum atomic E-state index is 5.83. The molecule has 0 aromatic heterocycles. The molecular weight excluding hydrogens is 388 g/mol. The van der Waals surface area contributed by atoms with E-state index in [2.05, 4.69) is 41.5 Å². The zero-order valence-electron chi connectivity index (χ0n) is 19.2. The van der Waals surface area contributed by atoms with Crippen LogP contribution in [-0.2, 0) is 18.9 Å². The molecule has 1 saturated heterocycles. The highest BCUT2D eigenvalue weighted by molar-refractivity contribution is 7.63. The summed E-state index contributed by atoms with van der Waals surface area (Å²) in [5.74, 6) is 0. The molecule has 1 aliphatic heterocycles. The third-order valence-electron chi connectivity index (χ3n) is 4.66. The molecular formula is C20H42B2O4P2. The van der Waals surface area contributed by atoms with Crippen LogP contribution in [0.25, 0.3) is 0 Å². The summed E-state index contributed by atoms with van der Waals surface area (Å²) in [5.41, 5.74) is 0. The highest BCUT2D eigenvalue weighted by Gasteiger charge is 2.28. The van der Waals surface area contributed by atoms with Gasteiger partial charge in [-0.3, -0.25) is 0 Å². The van der Waals surface area contributed by atoms with Gasteiger partial charge in [-0.25, -0.2) is 0 Å². The standard InChI is InChI=1S/C20H42O4P2.2B/c1-19(2,3)25-15-13-23-11-9-21-7-8-22-10-12-24-14-16-26(18-17-25)20(4,5)6;;/h7-18H2,1-6H3;;/t25-,26+;;. The summed E-state index contributed by atoms with van der Waals surface area (Å²) in [6.45, 7) is 20.1. The Morgan fingerprint density at radius 2 is 0.679 bits per heavy atom. The van der Waals surface area contributed by atoms with Crippen molar-refractivity contribution in [3.8, 4) is 0 Å². The topological polar surface area (TPSA) is 36.9 Å². The first-order valence-electron chi connectivity index (χ1n) is 10.0. The molecule has 0 aromatic carbocycles. The van der Waals surface area contributed by atoms with Crippen LogP contribution in [0.3, 0.4) is 0 Å². The molecule has 1 heterocycles. The largest absolute Gasteiger partial charge is 0.379 e. The van der Waals surface area contributed by atoms with Crippen LogP contribution >= 0.6 is 15.8 Å². The highest BCUT2D eigenvalue weighted by Crippen LogP contribution is 2.55. The summed E-state index contributed by atoms with van der Waals surface area (Å²) in [7, 11) is -0.0536. The molecule has 1 rings (SSSR count). The quantitative estimate of drug-likeness (QED) is 0.432. The lowest BCUT2D eigenvalue weighted by Crippen LogP contribution is -2.23. The first kappa shape index (κ1) is 31.0. The van der Waals surface area contributed by atoms with Gasteiger partial charge in [0.05, 0.1) is 52.9 Å². The first-order chi connectivity index (χ1) is 12.2. The molecule has 28 heavy (non-hydrogen) atoms. The minimum atomic E-state index is -0.0268. The average Bonchev–Trinajstić information content (AvgIpc) is 2.52. The summed E-state index contributed by atoms with van der Waals surface area (Å²) >= 11 is 0. The number of ether oxygens (including phenoxy) is 4. The van der Waals surface area contributed by atoms with Gasteiger partial charge in [0, 0.05) is 16.8 Å². The summed E-state index contributed by atoms with van der Waals surface area (Å²) in [5, 5.41) is 0.783. The second kappa shape index (κ2) is 16.5. The van der Waals surface area contributed by atoms with Crippen LogP contribution in [0.5, 0.6) is 0 Å². The van der Waals surface area contributed by atoms with Crippen molar-refractivity contribution in [2.75, 3.05) is 77.5 Å². The number of hydrogen-bond acceptors (Lipinski definition) is 4. The average molecular weight is 430 g/mol. The molecule has 8 heteroatoms.